The molecule has 1 N–H and O–H groups in total. The zero-order valence-corrected chi connectivity index (χ0v) is 18.5. The lowest BCUT2D eigenvalue weighted by molar-refractivity contribution is 0.218. The highest BCUT2D eigenvalue weighted by Crippen LogP contribution is 2.51. The Hall–Kier alpha value is -4.33. The van der Waals surface area contributed by atoms with Crippen molar-refractivity contribution >= 4 is 11.6 Å². The summed E-state index contributed by atoms with van der Waals surface area (Å²) in [5, 5.41) is 7.91. The van der Waals surface area contributed by atoms with Crippen LogP contribution >= 0.6 is 0 Å². The molecule has 0 radical (unpaired) electrons. The maximum atomic E-state index is 15.1. The van der Waals surface area contributed by atoms with Crippen LogP contribution in [0.2, 0.25) is 0 Å². The number of methoxy groups -OCH3 is 2. The number of nitrogens with one attached hydrogen (secondary N) is 1. The van der Waals surface area contributed by atoms with Gasteiger partial charge in [0, 0.05) is 16.7 Å². The number of aromatic nitrogens is 3. The summed E-state index contributed by atoms with van der Waals surface area (Å²) in [6.45, 7) is 0. The van der Waals surface area contributed by atoms with Gasteiger partial charge < -0.3 is 19.5 Å². The second-order valence-electron chi connectivity index (χ2n) is 8.02. The molecule has 0 saturated heterocycles. The number of hydrogen-bond acceptors (Lipinski definition) is 6. The van der Waals surface area contributed by atoms with Gasteiger partial charge in [-0.2, -0.15) is 10.1 Å². The van der Waals surface area contributed by atoms with E-state index in [0.29, 0.717) is 28.8 Å². The molecule has 0 fully saturated rings. The Balaban J connectivity index is 1.63. The van der Waals surface area contributed by atoms with Crippen molar-refractivity contribution in [1.82, 2.24) is 14.8 Å². The minimum absolute atomic E-state index is 0.339. The number of fused-ring (bicyclic) bond motifs is 3. The molecule has 2 atom stereocenters. The molecule has 2 aliphatic heterocycles. The van der Waals surface area contributed by atoms with E-state index in [1.807, 2.05) is 48.5 Å². The van der Waals surface area contributed by atoms with Crippen molar-refractivity contribution in [1.29, 1.82) is 0 Å². The second kappa shape index (κ2) is 7.91. The maximum absolute atomic E-state index is 15.1. The molecule has 4 aromatic rings. The Morgan fingerprint density at radius 2 is 1.76 bits per heavy atom. The molecule has 0 saturated carbocycles. The third-order valence-corrected chi connectivity index (χ3v) is 6.23. The Morgan fingerprint density at radius 1 is 0.971 bits per heavy atom. The van der Waals surface area contributed by atoms with Crippen molar-refractivity contribution < 1.29 is 18.6 Å². The molecule has 7 nitrogen and oxygen atoms in total. The molecule has 0 unspecified atom stereocenters. The first-order valence-electron chi connectivity index (χ1n) is 10.8. The Bertz CT molecular complexity index is 1430. The number of rotatable bonds is 4. The largest absolute Gasteiger partial charge is 0.493 e. The molecule has 8 heteroatoms. The van der Waals surface area contributed by atoms with E-state index in [1.54, 1.807) is 31.0 Å². The molecule has 34 heavy (non-hydrogen) atoms. The Morgan fingerprint density at radius 3 is 2.59 bits per heavy atom. The van der Waals surface area contributed by atoms with Gasteiger partial charge in [-0.1, -0.05) is 36.4 Å². The molecule has 0 amide bonds. The predicted octanol–water partition coefficient (Wildman–Crippen LogP) is 4.99. The fraction of sp³-hybridized carbons (Fsp3) is 0.154. The van der Waals surface area contributed by atoms with Crippen LogP contribution in [0.4, 0.5) is 10.3 Å². The first kappa shape index (κ1) is 20.3. The van der Waals surface area contributed by atoms with Crippen LogP contribution in [-0.2, 0) is 0 Å². The molecule has 3 heterocycles. The van der Waals surface area contributed by atoms with Gasteiger partial charge in [0.1, 0.15) is 23.9 Å². The normalized spacial score (nSPS) is 18.2. The summed E-state index contributed by atoms with van der Waals surface area (Å²) in [5.41, 5.74) is 3.86. The summed E-state index contributed by atoms with van der Waals surface area (Å²) in [6.07, 6.45) is 0.813. The third kappa shape index (κ3) is 3.02. The molecule has 3 aromatic carbocycles. The summed E-state index contributed by atoms with van der Waals surface area (Å²) < 4.78 is 34.3. The van der Waals surface area contributed by atoms with Gasteiger partial charge in [-0.25, -0.2) is 9.07 Å². The number of halogens is 1. The summed E-state index contributed by atoms with van der Waals surface area (Å²) in [5.74, 6) is 2.11. The van der Waals surface area contributed by atoms with Crippen LogP contribution in [0, 0.1) is 5.82 Å². The van der Waals surface area contributed by atoms with E-state index in [2.05, 4.69) is 15.4 Å². The minimum Gasteiger partial charge on any atom is -0.493 e. The highest BCUT2D eigenvalue weighted by Gasteiger charge is 2.41. The van der Waals surface area contributed by atoms with E-state index in [9.17, 15) is 0 Å². The molecule has 170 valence electrons. The van der Waals surface area contributed by atoms with Gasteiger partial charge in [0.25, 0.3) is 0 Å². The smallest absolute Gasteiger partial charge is 0.226 e. The van der Waals surface area contributed by atoms with E-state index < -0.39 is 12.1 Å². The Kier molecular flexibility index (Phi) is 4.72. The molecular formula is C26H21FN4O3. The number of benzene rings is 3. The van der Waals surface area contributed by atoms with Crippen molar-refractivity contribution in [2.75, 3.05) is 19.5 Å². The van der Waals surface area contributed by atoms with Crippen molar-refractivity contribution in [2.45, 2.75) is 12.1 Å². The van der Waals surface area contributed by atoms with Gasteiger partial charge in [-0.05, 0) is 35.9 Å². The van der Waals surface area contributed by atoms with Gasteiger partial charge >= 0.3 is 0 Å². The van der Waals surface area contributed by atoms with Gasteiger partial charge in [-0.15, -0.1) is 0 Å². The fourth-order valence-corrected chi connectivity index (χ4v) is 4.71. The zero-order valence-electron chi connectivity index (χ0n) is 18.5. The predicted molar refractivity (Wildman–Crippen MR) is 124 cm³/mol. The van der Waals surface area contributed by atoms with Gasteiger partial charge in [0.15, 0.2) is 17.6 Å². The summed E-state index contributed by atoms with van der Waals surface area (Å²) in [6, 6.07) is 19.7. The average Bonchev–Trinajstić information content (AvgIpc) is 3.35. The number of anilines is 1. The number of hydrogen-bond donors (Lipinski definition) is 1. The lowest BCUT2D eigenvalue weighted by Crippen LogP contribution is -2.32. The Labute approximate surface area is 195 Å². The summed E-state index contributed by atoms with van der Waals surface area (Å²) in [4.78, 5) is 4.42. The monoisotopic (exact) mass is 456 g/mol. The van der Waals surface area contributed by atoms with Gasteiger partial charge in [-0.3, -0.25) is 0 Å². The van der Waals surface area contributed by atoms with E-state index >= 15 is 4.39 Å². The first-order valence-corrected chi connectivity index (χ1v) is 10.8. The van der Waals surface area contributed by atoms with Crippen LogP contribution in [0.3, 0.4) is 0 Å². The van der Waals surface area contributed by atoms with E-state index in [0.717, 1.165) is 22.4 Å². The molecular weight excluding hydrogens is 435 g/mol. The molecule has 1 aromatic heterocycles. The third-order valence-electron chi connectivity index (χ3n) is 6.23. The van der Waals surface area contributed by atoms with Crippen molar-refractivity contribution in [3.63, 3.8) is 0 Å². The second-order valence-corrected chi connectivity index (χ2v) is 8.02. The standard InChI is InChI=1S/C26H21FN4O3/c1-32-20-12-11-15(13-21(20)33-2)24-22-23(30-26-28-14-29-31(24)26)17-8-4-6-10-19(17)34-25(22)16-7-3-5-9-18(16)27/h3-14,24-25H,1-2H3,(H,28,29,30)/t24-,25-/m1/s1. The van der Waals surface area contributed by atoms with Crippen molar-refractivity contribution in [3.8, 4) is 17.2 Å². The van der Waals surface area contributed by atoms with Crippen LogP contribution in [0.15, 0.2) is 78.6 Å². The highest BCUT2D eigenvalue weighted by molar-refractivity contribution is 5.85. The van der Waals surface area contributed by atoms with Crippen LogP contribution in [0.25, 0.3) is 5.70 Å². The lowest BCUT2D eigenvalue weighted by Gasteiger charge is -2.39. The summed E-state index contributed by atoms with van der Waals surface area (Å²) in [7, 11) is 3.19. The quantitative estimate of drug-likeness (QED) is 0.466. The van der Waals surface area contributed by atoms with Crippen LogP contribution in [0.5, 0.6) is 17.2 Å². The molecule has 2 aliphatic rings. The van der Waals surface area contributed by atoms with Crippen LogP contribution in [-0.4, -0.2) is 29.0 Å². The van der Waals surface area contributed by atoms with Gasteiger partial charge in [0.05, 0.1) is 19.9 Å². The van der Waals surface area contributed by atoms with Crippen molar-refractivity contribution in [2.24, 2.45) is 0 Å². The fourth-order valence-electron chi connectivity index (χ4n) is 4.71. The number of para-hydroxylation sites is 1. The maximum Gasteiger partial charge on any atom is 0.226 e. The first-order chi connectivity index (χ1) is 16.7. The molecule has 6 rings (SSSR count). The highest BCUT2D eigenvalue weighted by atomic mass is 19.1. The zero-order chi connectivity index (χ0) is 23.2. The van der Waals surface area contributed by atoms with Crippen molar-refractivity contribution in [3.05, 3.63) is 101 Å². The lowest BCUT2D eigenvalue weighted by atomic mass is 9.84. The SMILES string of the molecule is COc1ccc([C@@H]2C3=C(Nc4ncnn42)c2ccccc2O[C@@H]3c2ccccc2F)cc1OC. The van der Waals surface area contributed by atoms with E-state index in [4.69, 9.17) is 14.2 Å². The molecule has 0 bridgehead atoms. The van der Waals surface area contributed by atoms with Crippen LogP contribution < -0.4 is 19.5 Å². The molecule has 0 spiro atoms. The van der Waals surface area contributed by atoms with Crippen LogP contribution in [0.1, 0.15) is 28.8 Å². The molecule has 0 aliphatic carbocycles. The number of ether oxygens (including phenoxy) is 3. The minimum atomic E-state index is -0.686. The number of nitrogens with zero attached hydrogens (tertiary/aromatic N) is 3. The summed E-state index contributed by atoms with van der Waals surface area (Å²) >= 11 is 0. The van der Waals surface area contributed by atoms with Gasteiger partial charge in [0.2, 0.25) is 5.95 Å². The topological polar surface area (TPSA) is 70.4 Å². The average molecular weight is 456 g/mol. The van der Waals surface area contributed by atoms with E-state index in [1.165, 1.54) is 12.4 Å². The van der Waals surface area contributed by atoms with E-state index in [-0.39, 0.29) is 5.82 Å².